The molecule has 1 rings (SSSR count). The zero-order valence-corrected chi connectivity index (χ0v) is 12.1. The summed E-state index contributed by atoms with van der Waals surface area (Å²) in [6, 6.07) is 4.80. The van der Waals surface area contributed by atoms with Crippen molar-refractivity contribution < 1.29 is 14.3 Å². The van der Waals surface area contributed by atoms with Crippen molar-refractivity contribution in [3.63, 3.8) is 0 Å². The zero-order chi connectivity index (χ0) is 15.7. The van der Waals surface area contributed by atoms with E-state index in [4.69, 9.17) is 27.8 Å². The van der Waals surface area contributed by atoms with Crippen molar-refractivity contribution in [1.82, 2.24) is 5.32 Å². The Morgan fingerprint density at radius 1 is 1.38 bits per heavy atom. The van der Waals surface area contributed by atoms with Crippen molar-refractivity contribution in [2.45, 2.75) is 0 Å². The van der Waals surface area contributed by atoms with E-state index in [0.29, 0.717) is 16.1 Å². The van der Waals surface area contributed by atoms with Crippen molar-refractivity contribution in [1.29, 1.82) is 0 Å². The molecular weight excluding hydrogens is 294 g/mol. The highest BCUT2D eigenvalue weighted by atomic mass is 35.5. The van der Waals surface area contributed by atoms with Crippen LogP contribution in [0.3, 0.4) is 0 Å². The summed E-state index contributed by atoms with van der Waals surface area (Å²) in [7, 11) is 0. The number of hydrogen-bond donors (Lipinski definition) is 3. The molecule has 0 aromatic heterocycles. The van der Waals surface area contributed by atoms with E-state index < -0.39 is 5.91 Å². The number of carbonyl (C=O) groups excluding carboxylic acids is 2. The minimum Gasteiger partial charge on any atom is -0.370 e. The summed E-state index contributed by atoms with van der Waals surface area (Å²) in [6.07, 6.45) is 0. The highest BCUT2D eigenvalue weighted by Crippen LogP contribution is 2.16. The average Bonchev–Trinajstić information content (AvgIpc) is 2.45. The molecule has 6 nitrogen and oxygen atoms in total. The van der Waals surface area contributed by atoms with Gasteiger partial charge in [-0.05, 0) is 18.2 Å². The molecule has 5 N–H and O–H groups in total. The average molecular weight is 310 g/mol. The molecule has 21 heavy (non-hydrogen) atoms. The molecule has 1 aromatic rings. The molecule has 0 saturated heterocycles. The summed E-state index contributed by atoms with van der Waals surface area (Å²) < 4.78 is 4.92. The molecule has 1 aromatic carbocycles. The molecule has 0 aliphatic rings. The van der Waals surface area contributed by atoms with E-state index in [-0.39, 0.29) is 32.2 Å². The van der Waals surface area contributed by atoms with E-state index in [1.54, 1.807) is 12.1 Å². The Hall–Kier alpha value is -2.07. The molecule has 0 unspecified atom stereocenters. The number of carbonyl (C=O) groups is 2. The van der Waals surface area contributed by atoms with E-state index in [0.717, 1.165) is 0 Å². The van der Waals surface area contributed by atoms with Crippen LogP contribution in [-0.2, 0) is 9.53 Å². The SMILES string of the molecule is NCC#Cc1ccc(C(=O)NCCOCC(N)=O)cc1Cl. The normalized spacial score (nSPS) is 9.62. The number of benzene rings is 1. The first-order chi connectivity index (χ1) is 10.0. The first-order valence-corrected chi connectivity index (χ1v) is 6.55. The first kappa shape index (κ1) is 17.0. The quantitative estimate of drug-likeness (QED) is 0.503. The largest absolute Gasteiger partial charge is 0.370 e. The zero-order valence-electron chi connectivity index (χ0n) is 11.3. The van der Waals surface area contributed by atoms with E-state index >= 15 is 0 Å². The van der Waals surface area contributed by atoms with Crippen molar-refractivity contribution >= 4 is 23.4 Å². The van der Waals surface area contributed by atoms with Gasteiger partial charge in [0.25, 0.3) is 5.91 Å². The molecule has 0 bridgehead atoms. The summed E-state index contributed by atoms with van der Waals surface area (Å²) in [5.74, 6) is 4.65. The molecular formula is C14H16ClN3O3. The third kappa shape index (κ3) is 6.27. The fourth-order valence-electron chi connectivity index (χ4n) is 1.42. The van der Waals surface area contributed by atoms with E-state index in [1.165, 1.54) is 6.07 Å². The number of amides is 2. The van der Waals surface area contributed by atoms with Gasteiger partial charge in [0, 0.05) is 17.7 Å². The van der Waals surface area contributed by atoms with Crippen molar-refractivity contribution in [3.05, 3.63) is 34.3 Å². The van der Waals surface area contributed by atoms with Gasteiger partial charge in [-0.1, -0.05) is 23.4 Å². The van der Waals surface area contributed by atoms with Gasteiger partial charge >= 0.3 is 0 Å². The lowest BCUT2D eigenvalue weighted by Crippen LogP contribution is -2.28. The number of primary amides is 1. The van der Waals surface area contributed by atoms with Gasteiger partial charge in [-0.2, -0.15) is 0 Å². The number of ether oxygens (including phenoxy) is 1. The Morgan fingerprint density at radius 2 is 2.14 bits per heavy atom. The maximum atomic E-state index is 11.8. The predicted molar refractivity (Wildman–Crippen MR) is 79.7 cm³/mol. The topological polar surface area (TPSA) is 107 Å². The number of nitrogens with one attached hydrogen (secondary N) is 1. The van der Waals surface area contributed by atoms with Gasteiger partial charge in [0.05, 0.1) is 18.2 Å². The monoisotopic (exact) mass is 309 g/mol. The molecule has 0 radical (unpaired) electrons. The minimum atomic E-state index is -0.553. The minimum absolute atomic E-state index is 0.170. The standard InChI is InChI=1S/C14H16ClN3O3/c15-12-8-11(4-3-10(12)2-1-5-16)14(20)18-6-7-21-9-13(17)19/h3-4,8H,5-7,9,16H2,(H2,17,19)(H,18,20). The molecule has 0 heterocycles. The van der Waals surface area contributed by atoms with Crippen LogP contribution in [0.2, 0.25) is 5.02 Å². The summed E-state index contributed by atoms with van der Waals surface area (Å²) in [5, 5.41) is 3.01. The smallest absolute Gasteiger partial charge is 0.251 e. The van der Waals surface area contributed by atoms with Crippen LogP contribution < -0.4 is 16.8 Å². The van der Waals surface area contributed by atoms with Gasteiger partial charge in [-0.15, -0.1) is 0 Å². The fourth-order valence-corrected chi connectivity index (χ4v) is 1.64. The third-order valence-corrected chi connectivity index (χ3v) is 2.65. The second-order valence-electron chi connectivity index (χ2n) is 3.98. The number of halogens is 1. The van der Waals surface area contributed by atoms with Gasteiger partial charge in [-0.3, -0.25) is 9.59 Å². The van der Waals surface area contributed by atoms with Gasteiger partial charge in [0.15, 0.2) is 0 Å². The Bertz CT molecular complexity index is 579. The van der Waals surface area contributed by atoms with Crippen LogP contribution in [0, 0.1) is 11.8 Å². The Balaban J connectivity index is 2.51. The lowest BCUT2D eigenvalue weighted by atomic mass is 10.1. The third-order valence-electron chi connectivity index (χ3n) is 2.33. The highest BCUT2D eigenvalue weighted by molar-refractivity contribution is 6.32. The number of nitrogens with two attached hydrogens (primary N) is 2. The Labute approximate surface area is 127 Å². The highest BCUT2D eigenvalue weighted by Gasteiger charge is 2.07. The maximum absolute atomic E-state index is 11.8. The van der Waals surface area contributed by atoms with E-state index in [9.17, 15) is 9.59 Å². The van der Waals surface area contributed by atoms with E-state index in [1.807, 2.05) is 0 Å². The lowest BCUT2D eigenvalue weighted by molar-refractivity contribution is -0.122. The second kappa shape index (κ2) is 8.97. The molecule has 0 aliphatic heterocycles. The summed E-state index contributed by atoms with van der Waals surface area (Å²) in [5.41, 5.74) is 11.2. The predicted octanol–water partition coefficient (Wildman–Crippen LogP) is -0.118. The van der Waals surface area contributed by atoms with Crippen molar-refractivity contribution in [2.75, 3.05) is 26.3 Å². The molecule has 2 amide bonds. The molecule has 0 aliphatic carbocycles. The van der Waals surface area contributed by atoms with Gasteiger partial charge in [0.1, 0.15) is 6.61 Å². The maximum Gasteiger partial charge on any atom is 0.251 e. The Morgan fingerprint density at radius 3 is 2.76 bits per heavy atom. The molecule has 0 saturated carbocycles. The van der Waals surface area contributed by atoms with Crippen LogP contribution in [0.5, 0.6) is 0 Å². The molecule has 0 spiro atoms. The van der Waals surface area contributed by atoms with Crippen LogP contribution in [0.1, 0.15) is 15.9 Å². The van der Waals surface area contributed by atoms with Crippen molar-refractivity contribution in [3.8, 4) is 11.8 Å². The van der Waals surface area contributed by atoms with Gasteiger partial charge in [-0.25, -0.2) is 0 Å². The first-order valence-electron chi connectivity index (χ1n) is 6.17. The molecule has 112 valence electrons. The lowest BCUT2D eigenvalue weighted by Gasteiger charge is -2.06. The number of rotatable bonds is 6. The van der Waals surface area contributed by atoms with Gasteiger partial charge < -0.3 is 21.5 Å². The number of hydrogen-bond acceptors (Lipinski definition) is 4. The molecule has 7 heteroatoms. The van der Waals surface area contributed by atoms with Crippen LogP contribution in [0.4, 0.5) is 0 Å². The Kier molecular flexibility index (Phi) is 7.26. The van der Waals surface area contributed by atoms with Crippen LogP contribution in [0.25, 0.3) is 0 Å². The van der Waals surface area contributed by atoms with E-state index in [2.05, 4.69) is 17.2 Å². The fraction of sp³-hybridized carbons (Fsp3) is 0.286. The van der Waals surface area contributed by atoms with Crippen LogP contribution >= 0.6 is 11.6 Å². The summed E-state index contributed by atoms with van der Waals surface area (Å²) >= 11 is 6.03. The van der Waals surface area contributed by atoms with Crippen LogP contribution in [0.15, 0.2) is 18.2 Å². The van der Waals surface area contributed by atoms with Crippen molar-refractivity contribution in [2.24, 2.45) is 11.5 Å². The molecule has 0 fully saturated rings. The van der Waals surface area contributed by atoms with Crippen LogP contribution in [-0.4, -0.2) is 38.1 Å². The van der Waals surface area contributed by atoms with Gasteiger partial charge in [0.2, 0.25) is 5.91 Å². The second-order valence-corrected chi connectivity index (χ2v) is 4.38. The summed E-state index contributed by atoms with van der Waals surface area (Å²) in [6.45, 7) is 0.529. The summed E-state index contributed by atoms with van der Waals surface area (Å²) in [4.78, 5) is 22.3. The molecule has 0 atom stereocenters.